The molecular weight excluding hydrogens is 284 g/mol. The summed E-state index contributed by atoms with van der Waals surface area (Å²) in [6, 6.07) is 7.25. The van der Waals surface area contributed by atoms with Crippen LogP contribution >= 0.6 is 0 Å². The van der Waals surface area contributed by atoms with Crippen LogP contribution in [0.25, 0.3) is 11.3 Å². The number of H-pyrrole nitrogens is 1. The Bertz CT molecular complexity index is 738. The molecule has 0 saturated carbocycles. The van der Waals surface area contributed by atoms with Crippen molar-refractivity contribution >= 4 is 11.8 Å². The van der Waals surface area contributed by atoms with Crippen LogP contribution in [0.1, 0.15) is 25.1 Å². The van der Waals surface area contributed by atoms with Gasteiger partial charge in [-0.2, -0.15) is 5.10 Å². The Hall–Kier alpha value is -2.83. The number of hydrogen-bond acceptors (Lipinski definition) is 4. The lowest BCUT2D eigenvalue weighted by Gasteiger charge is -2.13. The van der Waals surface area contributed by atoms with E-state index in [9.17, 15) is 9.59 Å². The minimum atomic E-state index is -0.410. The molecule has 7 heteroatoms. The quantitative estimate of drug-likeness (QED) is 0.867. The first kappa shape index (κ1) is 14.1. The first-order valence-electron chi connectivity index (χ1n) is 6.86. The number of carbonyl (C=O) groups excluding carboxylic acids is 2. The molecule has 1 N–H and O–H groups in total. The molecule has 113 valence electrons. The maximum atomic E-state index is 11.5. The van der Waals surface area contributed by atoms with Crippen molar-refractivity contribution in [2.45, 2.75) is 26.9 Å². The van der Waals surface area contributed by atoms with Gasteiger partial charge in [-0.1, -0.05) is 12.1 Å². The Kier molecular flexibility index (Phi) is 3.54. The molecule has 2 heterocycles. The zero-order chi connectivity index (χ0) is 15.7. The summed E-state index contributed by atoms with van der Waals surface area (Å²) in [6.45, 7) is 3.87. The van der Waals surface area contributed by atoms with E-state index in [2.05, 4.69) is 15.7 Å². The van der Waals surface area contributed by atoms with E-state index in [0.717, 1.165) is 22.5 Å². The standard InChI is InChI=1S/C15H15N4O3/c1-9(20)18-22-14-6-4-3-5-11(14)15-12-7-19(10(2)21)8-13(12)16-17-15/h3-6H,7-8H2,1-2H3,(H,16,17). The van der Waals surface area contributed by atoms with Crippen molar-refractivity contribution in [1.82, 2.24) is 20.6 Å². The van der Waals surface area contributed by atoms with Crippen molar-refractivity contribution in [3.05, 3.63) is 35.5 Å². The van der Waals surface area contributed by atoms with Gasteiger partial charge >= 0.3 is 0 Å². The number of aromatic nitrogens is 2. The maximum Gasteiger partial charge on any atom is 0.278 e. The molecule has 0 atom stereocenters. The van der Waals surface area contributed by atoms with Crippen LogP contribution in [-0.4, -0.2) is 26.9 Å². The summed E-state index contributed by atoms with van der Waals surface area (Å²) in [4.78, 5) is 29.4. The molecule has 2 aromatic rings. The number of amides is 2. The van der Waals surface area contributed by atoms with Gasteiger partial charge in [0.2, 0.25) is 5.91 Å². The Labute approximate surface area is 127 Å². The van der Waals surface area contributed by atoms with E-state index in [1.54, 1.807) is 17.0 Å². The molecule has 1 aromatic carbocycles. The summed E-state index contributed by atoms with van der Waals surface area (Å²) >= 11 is 0. The number of hydrogen-bond donors (Lipinski definition) is 1. The van der Waals surface area contributed by atoms with Crippen LogP contribution in [0.4, 0.5) is 0 Å². The van der Waals surface area contributed by atoms with E-state index in [0.29, 0.717) is 18.8 Å². The van der Waals surface area contributed by atoms with E-state index in [1.165, 1.54) is 13.8 Å². The second-order valence-electron chi connectivity index (χ2n) is 5.10. The van der Waals surface area contributed by atoms with Gasteiger partial charge in [-0.15, -0.1) is 0 Å². The van der Waals surface area contributed by atoms with Gasteiger partial charge in [0.05, 0.1) is 24.5 Å². The van der Waals surface area contributed by atoms with Gasteiger partial charge in [0.15, 0.2) is 5.75 Å². The van der Waals surface area contributed by atoms with Gasteiger partial charge in [0, 0.05) is 25.0 Å². The number of nitrogens with zero attached hydrogens (tertiary/aromatic N) is 3. The van der Waals surface area contributed by atoms with Gasteiger partial charge in [-0.05, 0) is 17.6 Å². The van der Waals surface area contributed by atoms with Crippen molar-refractivity contribution in [2.24, 2.45) is 0 Å². The fourth-order valence-electron chi connectivity index (χ4n) is 2.44. The highest BCUT2D eigenvalue weighted by molar-refractivity contribution is 5.77. The number of nitrogens with one attached hydrogen (secondary N) is 1. The number of rotatable bonds is 3. The highest BCUT2D eigenvalue weighted by atomic mass is 16.7. The minimum Gasteiger partial charge on any atom is -0.353 e. The first-order chi connectivity index (χ1) is 10.6. The van der Waals surface area contributed by atoms with Gasteiger partial charge in [-0.3, -0.25) is 14.7 Å². The molecule has 7 nitrogen and oxygen atoms in total. The second-order valence-corrected chi connectivity index (χ2v) is 5.10. The fraction of sp³-hybridized carbons (Fsp3) is 0.267. The Morgan fingerprint density at radius 3 is 2.77 bits per heavy atom. The third kappa shape index (κ3) is 2.52. The predicted molar refractivity (Wildman–Crippen MR) is 77.4 cm³/mol. The maximum absolute atomic E-state index is 11.5. The molecule has 0 fully saturated rings. The minimum absolute atomic E-state index is 0.0139. The monoisotopic (exact) mass is 299 g/mol. The highest BCUT2D eigenvalue weighted by Crippen LogP contribution is 2.35. The molecule has 1 radical (unpaired) electrons. The Morgan fingerprint density at radius 1 is 1.27 bits per heavy atom. The summed E-state index contributed by atoms with van der Waals surface area (Å²) < 4.78 is 0. The number of benzene rings is 1. The summed E-state index contributed by atoms with van der Waals surface area (Å²) in [6.07, 6.45) is 0. The van der Waals surface area contributed by atoms with Crippen LogP contribution in [0.15, 0.2) is 24.3 Å². The second kappa shape index (κ2) is 5.51. The number of hydroxylamine groups is 1. The topological polar surface area (TPSA) is 89.4 Å². The largest absolute Gasteiger partial charge is 0.353 e. The molecular formula is C15H15N4O3. The smallest absolute Gasteiger partial charge is 0.278 e. The van der Waals surface area contributed by atoms with Crippen molar-refractivity contribution in [1.29, 1.82) is 0 Å². The summed E-state index contributed by atoms with van der Waals surface area (Å²) in [7, 11) is 0. The normalized spacial score (nSPS) is 12.9. The average molecular weight is 299 g/mol. The summed E-state index contributed by atoms with van der Waals surface area (Å²) in [5.41, 5.74) is 6.82. The van der Waals surface area contributed by atoms with Crippen molar-refractivity contribution in [2.75, 3.05) is 0 Å². The number of fused-ring (bicyclic) bond motifs is 1. The van der Waals surface area contributed by atoms with Gasteiger partial charge in [0.25, 0.3) is 5.91 Å². The third-order valence-corrected chi connectivity index (χ3v) is 3.52. The van der Waals surface area contributed by atoms with Crippen LogP contribution < -0.4 is 10.3 Å². The van der Waals surface area contributed by atoms with Crippen molar-refractivity contribution < 1.29 is 14.4 Å². The molecule has 0 bridgehead atoms. The van der Waals surface area contributed by atoms with E-state index < -0.39 is 5.91 Å². The molecule has 0 aliphatic carbocycles. The lowest BCUT2D eigenvalue weighted by Crippen LogP contribution is -2.22. The van der Waals surface area contributed by atoms with Gasteiger partial charge in [-0.25, -0.2) is 0 Å². The van der Waals surface area contributed by atoms with Crippen molar-refractivity contribution in [3.63, 3.8) is 0 Å². The molecule has 1 aliphatic rings. The molecule has 3 rings (SSSR count). The molecule has 1 aliphatic heterocycles. The molecule has 2 amide bonds. The zero-order valence-electron chi connectivity index (χ0n) is 12.3. The highest BCUT2D eigenvalue weighted by Gasteiger charge is 2.28. The SMILES string of the molecule is CC(=O)[N]Oc1ccccc1-c1[nH]nc2c1CN(C(C)=O)C2. The molecule has 22 heavy (non-hydrogen) atoms. The average Bonchev–Trinajstić information content (AvgIpc) is 3.05. The number of para-hydroxylation sites is 1. The van der Waals surface area contributed by atoms with E-state index in [1.807, 2.05) is 12.1 Å². The molecule has 0 saturated heterocycles. The zero-order valence-corrected chi connectivity index (χ0v) is 12.3. The fourth-order valence-corrected chi connectivity index (χ4v) is 2.44. The molecule has 1 aromatic heterocycles. The first-order valence-corrected chi connectivity index (χ1v) is 6.86. The molecule has 0 unspecified atom stereocenters. The lowest BCUT2D eigenvalue weighted by atomic mass is 10.1. The van der Waals surface area contributed by atoms with Crippen LogP contribution in [0.3, 0.4) is 0 Å². The number of aromatic amines is 1. The summed E-state index contributed by atoms with van der Waals surface area (Å²) in [5.74, 6) is 0.0675. The van der Waals surface area contributed by atoms with Crippen LogP contribution in [-0.2, 0) is 22.7 Å². The molecule has 0 spiro atoms. The van der Waals surface area contributed by atoms with Crippen LogP contribution in [0.2, 0.25) is 0 Å². The van der Waals surface area contributed by atoms with Crippen LogP contribution in [0, 0.1) is 0 Å². The Balaban J connectivity index is 1.94. The van der Waals surface area contributed by atoms with Gasteiger partial charge in [0.1, 0.15) is 0 Å². The third-order valence-electron chi connectivity index (χ3n) is 3.52. The lowest BCUT2D eigenvalue weighted by molar-refractivity contribution is -0.129. The van der Waals surface area contributed by atoms with Crippen molar-refractivity contribution in [3.8, 4) is 17.0 Å². The summed E-state index contributed by atoms with van der Waals surface area (Å²) in [5, 5.41) is 7.26. The van der Waals surface area contributed by atoms with E-state index >= 15 is 0 Å². The number of carbonyl (C=O) groups is 2. The van der Waals surface area contributed by atoms with Gasteiger partial charge < -0.3 is 9.74 Å². The Morgan fingerprint density at radius 2 is 2.05 bits per heavy atom. The predicted octanol–water partition coefficient (Wildman–Crippen LogP) is 1.38. The van der Waals surface area contributed by atoms with Crippen LogP contribution in [0.5, 0.6) is 5.75 Å². The van der Waals surface area contributed by atoms with E-state index in [4.69, 9.17) is 4.84 Å². The van der Waals surface area contributed by atoms with E-state index in [-0.39, 0.29) is 5.91 Å².